The van der Waals surface area contributed by atoms with Crippen LogP contribution in [0, 0.1) is 34.8 Å². The van der Waals surface area contributed by atoms with Crippen LogP contribution in [0.2, 0.25) is 0 Å². The van der Waals surface area contributed by atoms with Gasteiger partial charge in [0.1, 0.15) is 35.3 Å². The van der Waals surface area contributed by atoms with Crippen molar-refractivity contribution in [3.63, 3.8) is 0 Å². The van der Waals surface area contributed by atoms with Crippen LogP contribution >= 0.6 is 0 Å². The van der Waals surface area contributed by atoms with Crippen LogP contribution in [-0.2, 0) is 33.7 Å². The Hall–Kier alpha value is -5.44. The predicted octanol–water partition coefficient (Wildman–Crippen LogP) is 6.67. The lowest BCUT2D eigenvalue weighted by molar-refractivity contribution is -0.123. The maximum Gasteiger partial charge on any atom is 0.293 e. The molecule has 5 aromatic rings. The molecule has 0 aliphatic heterocycles. The van der Waals surface area contributed by atoms with Crippen molar-refractivity contribution in [2.75, 3.05) is 11.0 Å². The lowest BCUT2D eigenvalue weighted by atomic mass is 9.73. The molecule has 288 valence electrons. The Kier molecular flexibility index (Phi) is 9.43. The number of anilines is 1. The summed E-state index contributed by atoms with van der Waals surface area (Å²) in [6, 6.07) is 7.97. The highest BCUT2D eigenvalue weighted by Gasteiger charge is 2.62. The van der Waals surface area contributed by atoms with E-state index in [0.29, 0.717) is 28.3 Å². The van der Waals surface area contributed by atoms with Gasteiger partial charge in [0.05, 0.1) is 18.0 Å². The highest BCUT2D eigenvalue weighted by atomic mass is 32.2. The number of aromatic nitrogens is 6. The van der Waals surface area contributed by atoms with Gasteiger partial charge in [-0.25, -0.2) is 31.0 Å². The third-order valence-electron chi connectivity index (χ3n) is 9.46. The number of nitrogens with one attached hydrogen (secondary N) is 2. The number of hydrogen-bond acceptors (Lipinski definition) is 7. The monoisotopic (exact) mass is 784 g/mol. The van der Waals surface area contributed by atoms with E-state index < -0.39 is 81.1 Å². The molecule has 1 aromatic carbocycles. The van der Waals surface area contributed by atoms with E-state index in [1.165, 1.54) is 10.6 Å². The van der Waals surface area contributed by atoms with Crippen molar-refractivity contribution >= 4 is 27.5 Å². The van der Waals surface area contributed by atoms with E-state index in [9.17, 15) is 30.8 Å². The summed E-state index contributed by atoms with van der Waals surface area (Å²) in [7, 11) is -3.77. The minimum Gasteiger partial charge on any atom is -0.346 e. The SMILES string of the molecule is CC(C)(C)C#Cc1ccc(-c2cccn3c(NS(C)(=O)=O)nnc23)c([C@H](Cc2cc(F)cc(F)c2)NC(=O)Cn2nc(C(F)F)c3c2C(F)(F)[C@@H]2CC[C@H]32)n1. The summed E-state index contributed by atoms with van der Waals surface area (Å²) < 4.78 is 117. The van der Waals surface area contributed by atoms with E-state index in [2.05, 4.69) is 37.2 Å². The molecule has 18 heteroatoms. The summed E-state index contributed by atoms with van der Waals surface area (Å²) in [6.45, 7) is 4.76. The Bertz CT molecular complexity index is 2500. The van der Waals surface area contributed by atoms with Gasteiger partial charge in [0, 0.05) is 40.3 Å². The first-order valence-corrected chi connectivity index (χ1v) is 19.1. The van der Waals surface area contributed by atoms with Crippen LogP contribution in [0.1, 0.15) is 85.9 Å². The summed E-state index contributed by atoms with van der Waals surface area (Å²) in [4.78, 5) is 18.7. The highest BCUT2D eigenvalue weighted by molar-refractivity contribution is 7.92. The number of pyridine rings is 2. The summed E-state index contributed by atoms with van der Waals surface area (Å²) in [5.41, 5.74) is -0.923. The lowest BCUT2D eigenvalue weighted by Gasteiger charge is -2.34. The quantitative estimate of drug-likeness (QED) is 0.119. The predicted molar refractivity (Wildman–Crippen MR) is 189 cm³/mol. The number of alkyl halides is 4. The number of amides is 1. The summed E-state index contributed by atoms with van der Waals surface area (Å²) >= 11 is 0. The third kappa shape index (κ3) is 7.49. The summed E-state index contributed by atoms with van der Waals surface area (Å²) in [5.74, 6) is -2.24. The molecule has 55 heavy (non-hydrogen) atoms. The van der Waals surface area contributed by atoms with Gasteiger partial charge in [0.2, 0.25) is 21.9 Å². The first kappa shape index (κ1) is 37.9. The fourth-order valence-corrected chi connectivity index (χ4v) is 7.62. The van der Waals surface area contributed by atoms with E-state index in [1.54, 1.807) is 24.3 Å². The van der Waals surface area contributed by atoms with Crippen LogP contribution in [0.4, 0.5) is 32.3 Å². The standard InChI is InChI=1S/C37H34F6N8O3S/c1-36(2,3)12-11-22-7-8-23(24-6-5-13-50-34(24)46-47-35(50)49-55(4,53)54)30(44-22)27(16-19-14-20(38)17-21(39)15-19)45-28(52)18-51-32-29(31(48-51)33(40)41)25-9-10-26(25)37(32,42)43/h5-8,13-15,17,25-27,33H,9-10,16,18H2,1-4H3,(H,45,52)(H,47,49)/t25-,26+,27-/m0/s1. The van der Waals surface area contributed by atoms with E-state index >= 15 is 8.78 Å². The number of hydrogen-bond donors (Lipinski definition) is 2. The molecule has 0 saturated heterocycles. The number of nitrogens with zero attached hydrogens (tertiary/aromatic N) is 6. The molecule has 2 N–H and O–H groups in total. The van der Waals surface area contributed by atoms with Crippen molar-refractivity contribution in [1.82, 2.24) is 34.7 Å². The van der Waals surface area contributed by atoms with Gasteiger partial charge < -0.3 is 5.32 Å². The van der Waals surface area contributed by atoms with Crippen LogP contribution in [0.25, 0.3) is 16.8 Å². The minimum absolute atomic E-state index is 0.0881. The lowest BCUT2D eigenvalue weighted by Crippen LogP contribution is -2.36. The Morgan fingerprint density at radius 3 is 2.40 bits per heavy atom. The first-order valence-electron chi connectivity index (χ1n) is 17.2. The molecule has 2 aliphatic carbocycles. The number of carbonyl (C=O) groups excluding carboxylic acids is 1. The average molecular weight is 785 g/mol. The van der Waals surface area contributed by atoms with E-state index in [-0.39, 0.29) is 47.0 Å². The molecule has 4 heterocycles. The largest absolute Gasteiger partial charge is 0.346 e. The minimum atomic E-state index is -3.77. The Morgan fingerprint density at radius 2 is 1.76 bits per heavy atom. The van der Waals surface area contributed by atoms with Gasteiger partial charge >= 0.3 is 0 Å². The molecule has 0 unspecified atom stereocenters. The van der Waals surface area contributed by atoms with Gasteiger partial charge in [-0.05, 0) is 93.8 Å². The van der Waals surface area contributed by atoms with Crippen molar-refractivity contribution in [3.05, 3.63) is 94.2 Å². The van der Waals surface area contributed by atoms with Crippen LogP contribution in [0.15, 0.2) is 48.7 Å². The fraction of sp³-hybridized carbons (Fsp3) is 0.378. The molecule has 11 nitrogen and oxygen atoms in total. The van der Waals surface area contributed by atoms with Gasteiger partial charge in [-0.1, -0.05) is 5.92 Å². The molecule has 4 aromatic heterocycles. The molecule has 1 amide bonds. The van der Waals surface area contributed by atoms with Crippen LogP contribution < -0.4 is 10.0 Å². The van der Waals surface area contributed by atoms with Crippen molar-refractivity contribution < 1.29 is 39.6 Å². The van der Waals surface area contributed by atoms with Gasteiger partial charge in [0.25, 0.3) is 12.3 Å². The maximum absolute atomic E-state index is 15.6. The Balaban J connectivity index is 1.35. The van der Waals surface area contributed by atoms with E-state index in [0.717, 1.165) is 18.4 Å². The second-order valence-electron chi connectivity index (χ2n) is 14.8. The molecule has 3 atom stereocenters. The van der Waals surface area contributed by atoms with Gasteiger partial charge in [-0.15, -0.1) is 10.2 Å². The average Bonchev–Trinajstić information content (AvgIpc) is 3.66. The molecular formula is C37H34F6N8O3S. The number of rotatable bonds is 10. The molecule has 0 bridgehead atoms. The zero-order valence-electron chi connectivity index (χ0n) is 29.8. The summed E-state index contributed by atoms with van der Waals surface area (Å²) in [6.07, 6.45) is -0.550. The van der Waals surface area contributed by atoms with E-state index in [4.69, 9.17) is 4.98 Å². The Morgan fingerprint density at radius 1 is 1.04 bits per heavy atom. The van der Waals surface area contributed by atoms with Crippen molar-refractivity contribution in [1.29, 1.82) is 0 Å². The molecule has 0 spiro atoms. The smallest absolute Gasteiger partial charge is 0.293 e. The number of sulfonamides is 1. The van der Waals surface area contributed by atoms with Crippen LogP contribution in [0.5, 0.6) is 0 Å². The van der Waals surface area contributed by atoms with Crippen molar-refractivity contribution in [2.45, 2.75) is 70.9 Å². The number of fused-ring (bicyclic) bond motifs is 4. The highest BCUT2D eigenvalue weighted by Crippen LogP contribution is 2.63. The number of halogens is 6. The molecule has 0 radical (unpaired) electrons. The first-order chi connectivity index (χ1) is 25.8. The van der Waals surface area contributed by atoms with Gasteiger partial charge in [0.15, 0.2) is 5.65 Å². The third-order valence-corrected chi connectivity index (χ3v) is 10.0. The molecular weight excluding hydrogens is 751 g/mol. The molecule has 1 saturated carbocycles. The normalized spacial score (nSPS) is 17.9. The second-order valence-corrected chi connectivity index (χ2v) is 16.5. The molecule has 2 aliphatic rings. The topological polar surface area (TPSA) is 136 Å². The fourth-order valence-electron chi connectivity index (χ4n) is 7.15. The van der Waals surface area contributed by atoms with Crippen molar-refractivity contribution in [3.8, 4) is 23.0 Å². The second kappa shape index (κ2) is 13.7. The van der Waals surface area contributed by atoms with Gasteiger partial charge in [-0.2, -0.15) is 13.9 Å². The van der Waals surface area contributed by atoms with E-state index in [1.807, 2.05) is 20.8 Å². The maximum atomic E-state index is 15.6. The molecule has 7 rings (SSSR count). The van der Waals surface area contributed by atoms with Crippen LogP contribution in [0.3, 0.4) is 0 Å². The summed E-state index contributed by atoms with van der Waals surface area (Å²) in [5, 5.41) is 14.7. The number of benzene rings is 1. The van der Waals surface area contributed by atoms with Gasteiger partial charge in [-0.3, -0.25) is 18.6 Å². The Labute approximate surface area is 311 Å². The zero-order valence-corrected chi connectivity index (χ0v) is 30.7. The van der Waals surface area contributed by atoms with Crippen LogP contribution in [-0.4, -0.2) is 49.9 Å². The van der Waals surface area contributed by atoms with Crippen molar-refractivity contribution in [2.24, 2.45) is 11.3 Å². The number of carbonyl (C=O) groups is 1. The zero-order chi connectivity index (χ0) is 39.6. The molecule has 1 fully saturated rings.